The number of rotatable bonds is 7. The first-order valence-electron chi connectivity index (χ1n) is 9.10. The van der Waals surface area contributed by atoms with E-state index in [1.54, 1.807) is 0 Å². The summed E-state index contributed by atoms with van der Waals surface area (Å²) in [7, 11) is 0. The molecular formula is C18H29NO5. The van der Waals surface area contributed by atoms with E-state index in [4.69, 9.17) is 0 Å². The highest BCUT2D eigenvalue weighted by atomic mass is 16.4. The van der Waals surface area contributed by atoms with Crippen LogP contribution in [0.2, 0.25) is 0 Å². The molecule has 2 aliphatic rings. The van der Waals surface area contributed by atoms with Crippen LogP contribution in [0.25, 0.3) is 0 Å². The maximum atomic E-state index is 12.4. The molecule has 0 saturated heterocycles. The van der Waals surface area contributed by atoms with Crippen molar-refractivity contribution in [3.8, 4) is 0 Å². The summed E-state index contributed by atoms with van der Waals surface area (Å²) in [6.07, 6.45) is 8.60. The lowest BCUT2D eigenvalue weighted by molar-refractivity contribution is -0.154. The standard InChI is InChI=1S/C18H29NO5/c20-14(11-18(16(23)24)9-5-2-6-10-18)19-13-17(12-15(21)22)7-3-1-4-8-17/h1-13H2,(H,19,20)(H,21,22)(H,23,24). The molecule has 2 rings (SSSR count). The average molecular weight is 339 g/mol. The van der Waals surface area contributed by atoms with Crippen molar-refractivity contribution in [2.45, 2.75) is 77.0 Å². The van der Waals surface area contributed by atoms with Gasteiger partial charge in [0.25, 0.3) is 0 Å². The Kier molecular flexibility index (Phi) is 6.24. The van der Waals surface area contributed by atoms with Gasteiger partial charge in [-0.25, -0.2) is 0 Å². The van der Waals surface area contributed by atoms with Crippen molar-refractivity contribution in [1.29, 1.82) is 0 Å². The van der Waals surface area contributed by atoms with E-state index in [2.05, 4.69) is 5.32 Å². The summed E-state index contributed by atoms with van der Waals surface area (Å²) in [6, 6.07) is 0. The molecule has 0 spiro atoms. The van der Waals surface area contributed by atoms with Crippen molar-refractivity contribution < 1.29 is 24.6 Å². The van der Waals surface area contributed by atoms with Crippen LogP contribution in [0.1, 0.15) is 77.0 Å². The number of aliphatic carboxylic acids is 2. The topological polar surface area (TPSA) is 104 Å². The summed E-state index contributed by atoms with van der Waals surface area (Å²) in [5.41, 5.74) is -1.31. The van der Waals surface area contributed by atoms with Gasteiger partial charge in [0.1, 0.15) is 0 Å². The molecule has 0 radical (unpaired) electrons. The second kappa shape index (κ2) is 7.99. The third-order valence-electron chi connectivity index (χ3n) is 5.86. The Hall–Kier alpha value is -1.59. The first-order valence-corrected chi connectivity index (χ1v) is 9.10. The normalized spacial score (nSPS) is 22.5. The van der Waals surface area contributed by atoms with E-state index in [1.165, 1.54) is 0 Å². The Morgan fingerprint density at radius 2 is 1.33 bits per heavy atom. The molecule has 6 heteroatoms. The minimum Gasteiger partial charge on any atom is -0.481 e. The third-order valence-corrected chi connectivity index (χ3v) is 5.86. The zero-order valence-electron chi connectivity index (χ0n) is 14.3. The Labute approximate surface area is 143 Å². The molecule has 24 heavy (non-hydrogen) atoms. The first kappa shape index (κ1) is 18.7. The Morgan fingerprint density at radius 1 is 0.792 bits per heavy atom. The Balaban J connectivity index is 1.94. The fourth-order valence-electron chi connectivity index (χ4n) is 4.39. The van der Waals surface area contributed by atoms with E-state index in [-0.39, 0.29) is 24.2 Å². The van der Waals surface area contributed by atoms with Crippen LogP contribution < -0.4 is 5.32 Å². The molecule has 2 saturated carbocycles. The van der Waals surface area contributed by atoms with Gasteiger partial charge in [-0.1, -0.05) is 38.5 Å². The van der Waals surface area contributed by atoms with E-state index in [1.807, 2.05) is 0 Å². The zero-order chi connectivity index (χ0) is 17.6. The van der Waals surface area contributed by atoms with E-state index in [0.717, 1.165) is 51.4 Å². The predicted octanol–water partition coefficient (Wildman–Crippen LogP) is 2.95. The van der Waals surface area contributed by atoms with Gasteiger partial charge in [-0.05, 0) is 31.1 Å². The Morgan fingerprint density at radius 3 is 1.83 bits per heavy atom. The minimum atomic E-state index is -0.936. The monoisotopic (exact) mass is 339 g/mol. The summed E-state index contributed by atoms with van der Waals surface area (Å²) in [5.74, 6) is -1.97. The number of amides is 1. The quantitative estimate of drug-likeness (QED) is 0.661. The molecule has 0 aromatic carbocycles. The molecule has 0 unspecified atom stereocenters. The minimum absolute atomic E-state index is 0.00544. The fraction of sp³-hybridized carbons (Fsp3) is 0.833. The molecule has 2 fully saturated rings. The highest BCUT2D eigenvalue weighted by molar-refractivity contribution is 5.85. The van der Waals surface area contributed by atoms with E-state index in [9.17, 15) is 24.6 Å². The Bertz CT molecular complexity index is 476. The van der Waals surface area contributed by atoms with Gasteiger partial charge in [0, 0.05) is 13.0 Å². The predicted molar refractivity (Wildman–Crippen MR) is 88.6 cm³/mol. The van der Waals surface area contributed by atoms with Crippen molar-refractivity contribution >= 4 is 17.8 Å². The summed E-state index contributed by atoms with van der Waals surface area (Å²) in [4.78, 5) is 35.2. The summed E-state index contributed by atoms with van der Waals surface area (Å²) < 4.78 is 0. The molecule has 136 valence electrons. The van der Waals surface area contributed by atoms with E-state index in [0.29, 0.717) is 19.4 Å². The highest BCUT2D eigenvalue weighted by Crippen LogP contribution is 2.41. The molecule has 0 aromatic heterocycles. The summed E-state index contributed by atoms with van der Waals surface area (Å²) in [5, 5.41) is 21.6. The molecule has 0 bridgehead atoms. The number of carboxylic acid groups (broad SMARTS) is 2. The maximum absolute atomic E-state index is 12.4. The molecule has 1 amide bonds. The molecule has 3 N–H and O–H groups in total. The fourth-order valence-corrected chi connectivity index (χ4v) is 4.39. The molecular weight excluding hydrogens is 310 g/mol. The summed E-state index contributed by atoms with van der Waals surface area (Å²) in [6.45, 7) is 0.341. The van der Waals surface area contributed by atoms with Crippen LogP contribution in [0.3, 0.4) is 0 Å². The molecule has 0 heterocycles. The van der Waals surface area contributed by atoms with Gasteiger partial charge in [-0.3, -0.25) is 14.4 Å². The summed E-state index contributed by atoms with van der Waals surface area (Å²) >= 11 is 0. The second-order valence-corrected chi connectivity index (χ2v) is 7.73. The lowest BCUT2D eigenvalue weighted by atomic mass is 9.70. The van der Waals surface area contributed by atoms with E-state index >= 15 is 0 Å². The van der Waals surface area contributed by atoms with Crippen LogP contribution in [0, 0.1) is 10.8 Å². The molecule has 0 atom stereocenters. The number of hydrogen-bond acceptors (Lipinski definition) is 3. The average Bonchev–Trinajstić information content (AvgIpc) is 2.54. The van der Waals surface area contributed by atoms with Crippen LogP contribution in [0.5, 0.6) is 0 Å². The van der Waals surface area contributed by atoms with Gasteiger partial charge in [-0.2, -0.15) is 0 Å². The lowest BCUT2D eigenvalue weighted by Crippen LogP contribution is -2.44. The van der Waals surface area contributed by atoms with Crippen LogP contribution >= 0.6 is 0 Å². The molecule has 2 aliphatic carbocycles. The van der Waals surface area contributed by atoms with Crippen LogP contribution in [-0.2, 0) is 14.4 Å². The van der Waals surface area contributed by atoms with Crippen molar-refractivity contribution in [1.82, 2.24) is 5.32 Å². The van der Waals surface area contributed by atoms with Gasteiger partial charge >= 0.3 is 11.9 Å². The highest BCUT2D eigenvalue weighted by Gasteiger charge is 2.42. The van der Waals surface area contributed by atoms with Gasteiger partial charge < -0.3 is 15.5 Å². The number of nitrogens with one attached hydrogen (secondary N) is 1. The van der Waals surface area contributed by atoms with Gasteiger partial charge in [0.15, 0.2) is 0 Å². The molecule has 0 aliphatic heterocycles. The number of carbonyl (C=O) groups is 3. The van der Waals surface area contributed by atoms with E-state index < -0.39 is 17.4 Å². The van der Waals surface area contributed by atoms with Crippen LogP contribution in [0.4, 0.5) is 0 Å². The number of carbonyl (C=O) groups excluding carboxylic acids is 1. The SMILES string of the molecule is O=C(O)CC1(CNC(=O)CC2(C(=O)O)CCCCC2)CCCCC1. The lowest BCUT2D eigenvalue weighted by Gasteiger charge is -2.37. The zero-order valence-corrected chi connectivity index (χ0v) is 14.3. The van der Waals surface area contributed by atoms with Crippen LogP contribution in [0.15, 0.2) is 0 Å². The van der Waals surface area contributed by atoms with Gasteiger partial charge in [-0.15, -0.1) is 0 Å². The smallest absolute Gasteiger partial charge is 0.310 e. The van der Waals surface area contributed by atoms with Gasteiger partial charge in [0.2, 0.25) is 5.91 Å². The van der Waals surface area contributed by atoms with Crippen molar-refractivity contribution in [3.05, 3.63) is 0 Å². The molecule has 0 aromatic rings. The first-order chi connectivity index (χ1) is 11.4. The third kappa shape index (κ3) is 4.71. The number of carboxylic acids is 2. The largest absolute Gasteiger partial charge is 0.481 e. The van der Waals surface area contributed by atoms with Crippen molar-refractivity contribution in [2.75, 3.05) is 6.54 Å². The second-order valence-electron chi connectivity index (χ2n) is 7.73. The molecule has 6 nitrogen and oxygen atoms in total. The number of hydrogen-bond donors (Lipinski definition) is 3. The van der Waals surface area contributed by atoms with Crippen molar-refractivity contribution in [3.63, 3.8) is 0 Å². The van der Waals surface area contributed by atoms with Gasteiger partial charge in [0.05, 0.1) is 11.8 Å². The van der Waals surface area contributed by atoms with Crippen molar-refractivity contribution in [2.24, 2.45) is 10.8 Å². The maximum Gasteiger partial charge on any atom is 0.310 e. The van der Waals surface area contributed by atoms with Crippen LogP contribution in [-0.4, -0.2) is 34.6 Å².